The molecule has 0 bridgehead atoms. The van der Waals surface area contributed by atoms with Crippen LogP contribution in [0.3, 0.4) is 0 Å². The van der Waals surface area contributed by atoms with Gasteiger partial charge >= 0.3 is 0 Å². The van der Waals surface area contributed by atoms with Crippen LogP contribution in [0.2, 0.25) is 0 Å². The van der Waals surface area contributed by atoms with Crippen molar-refractivity contribution < 1.29 is 9.18 Å². The predicted octanol–water partition coefficient (Wildman–Crippen LogP) is 2.82. The van der Waals surface area contributed by atoms with E-state index < -0.39 is 0 Å². The second-order valence-electron chi connectivity index (χ2n) is 6.10. The third-order valence-corrected chi connectivity index (χ3v) is 4.21. The molecule has 26 heavy (non-hydrogen) atoms. The largest absolute Gasteiger partial charge is 0.340 e. The van der Waals surface area contributed by atoms with Gasteiger partial charge in [-0.2, -0.15) is 0 Å². The van der Waals surface area contributed by atoms with Gasteiger partial charge in [0.25, 0.3) is 5.91 Å². The van der Waals surface area contributed by atoms with Crippen molar-refractivity contribution >= 4 is 27.8 Å². The minimum atomic E-state index is -0.355. The van der Waals surface area contributed by atoms with Crippen LogP contribution in [0.15, 0.2) is 53.3 Å². The standard InChI is InChI=1S/C19H15FN4O2/c1-24(10-17-21-15-7-6-11(20)8-16(15)22-17)19(26)13-9-18(25)23-14-5-3-2-4-12(13)14/h2-9H,10H2,1H3,(H,21,22)(H,23,25). The maximum atomic E-state index is 13.3. The van der Waals surface area contributed by atoms with Crippen molar-refractivity contribution in [1.29, 1.82) is 0 Å². The van der Waals surface area contributed by atoms with Gasteiger partial charge < -0.3 is 14.9 Å². The molecule has 2 aromatic carbocycles. The number of hydrogen-bond donors (Lipinski definition) is 2. The summed E-state index contributed by atoms with van der Waals surface area (Å²) in [5.74, 6) is -0.110. The fraction of sp³-hybridized carbons (Fsp3) is 0.105. The third-order valence-electron chi connectivity index (χ3n) is 4.21. The van der Waals surface area contributed by atoms with Crippen LogP contribution in [0.5, 0.6) is 0 Å². The smallest absolute Gasteiger partial charge is 0.254 e. The van der Waals surface area contributed by atoms with E-state index in [-0.39, 0.29) is 23.8 Å². The van der Waals surface area contributed by atoms with Crippen molar-refractivity contribution in [3.8, 4) is 0 Å². The predicted molar refractivity (Wildman–Crippen MR) is 96.4 cm³/mol. The van der Waals surface area contributed by atoms with Crippen LogP contribution < -0.4 is 5.56 Å². The lowest BCUT2D eigenvalue weighted by molar-refractivity contribution is 0.0783. The molecule has 0 aliphatic rings. The van der Waals surface area contributed by atoms with Gasteiger partial charge in [-0.3, -0.25) is 9.59 Å². The van der Waals surface area contributed by atoms with Gasteiger partial charge in [-0.05, 0) is 24.3 Å². The maximum Gasteiger partial charge on any atom is 0.254 e. The minimum Gasteiger partial charge on any atom is -0.340 e. The number of imidazole rings is 1. The second kappa shape index (κ2) is 6.11. The van der Waals surface area contributed by atoms with Gasteiger partial charge in [0.1, 0.15) is 11.6 Å². The molecule has 0 spiro atoms. The number of carbonyl (C=O) groups is 1. The molecule has 0 radical (unpaired) electrons. The molecular formula is C19H15FN4O2. The van der Waals surface area contributed by atoms with Crippen LogP contribution in [-0.4, -0.2) is 32.8 Å². The lowest BCUT2D eigenvalue weighted by Gasteiger charge is -2.16. The normalized spacial score (nSPS) is 11.2. The fourth-order valence-electron chi connectivity index (χ4n) is 2.99. The summed E-state index contributed by atoms with van der Waals surface area (Å²) < 4.78 is 13.3. The number of nitrogens with zero attached hydrogens (tertiary/aromatic N) is 2. The Hall–Kier alpha value is -3.48. The van der Waals surface area contributed by atoms with Crippen LogP contribution >= 0.6 is 0 Å². The second-order valence-corrected chi connectivity index (χ2v) is 6.10. The van der Waals surface area contributed by atoms with E-state index in [1.54, 1.807) is 31.3 Å². The van der Waals surface area contributed by atoms with E-state index in [0.29, 0.717) is 33.3 Å². The van der Waals surface area contributed by atoms with Gasteiger partial charge in [-0.1, -0.05) is 18.2 Å². The van der Waals surface area contributed by atoms with Gasteiger partial charge in [-0.15, -0.1) is 0 Å². The first kappa shape index (κ1) is 16.0. The summed E-state index contributed by atoms with van der Waals surface area (Å²) in [5, 5.41) is 0.677. The van der Waals surface area contributed by atoms with Gasteiger partial charge in [0.15, 0.2) is 0 Å². The van der Waals surface area contributed by atoms with Crippen LogP contribution in [0.1, 0.15) is 16.2 Å². The molecule has 1 amide bonds. The molecule has 2 aromatic heterocycles. The Bertz CT molecular complexity index is 1200. The van der Waals surface area contributed by atoms with Crippen LogP contribution in [0.25, 0.3) is 21.9 Å². The summed E-state index contributed by atoms with van der Waals surface area (Å²) >= 11 is 0. The highest BCUT2D eigenvalue weighted by atomic mass is 19.1. The highest BCUT2D eigenvalue weighted by Crippen LogP contribution is 2.18. The highest BCUT2D eigenvalue weighted by molar-refractivity contribution is 6.05. The molecule has 0 saturated carbocycles. The number of para-hydroxylation sites is 1. The molecule has 0 aliphatic carbocycles. The Morgan fingerprint density at radius 3 is 2.77 bits per heavy atom. The van der Waals surface area contributed by atoms with Gasteiger partial charge in [0.2, 0.25) is 5.56 Å². The lowest BCUT2D eigenvalue weighted by atomic mass is 10.1. The zero-order valence-electron chi connectivity index (χ0n) is 13.9. The topological polar surface area (TPSA) is 81.8 Å². The Labute approximate surface area is 147 Å². The first-order chi connectivity index (χ1) is 12.5. The number of pyridine rings is 1. The molecule has 0 fully saturated rings. The molecule has 2 heterocycles. The quantitative estimate of drug-likeness (QED) is 0.596. The highest BCUT2D eigenvalue weighted by Gasteiger charge is 2.17. The van der Waals surface area contributed by atoms with Gasteiger partial charge in [-0.25, -0.2) is 9.37 Å². The van der Waals surface area contributed by atoms with Crippen molar-refractivity contribution in [2.75, 3.05) is 7.05 Å². The Morgan fingerprint density at radius 2 is 1.92 bits per heavy atom. The van der Waals surface area contributed by atoms with Crippen LogP contribution in [0, 0.1) is 5.82 Å². The first-order valence-electron chi connectivity index (χ1n) is 8.03. The molecule has 0 unspecified atom stereocenters. The zero-order valence-corrected chi connectivity index (χ0v) is 13.9. The average molecular weight is 350 g/mol. The zero-order chi connectivity index (χ0) is 18.3. The minimum absolute atomic E-state index is 0.205. The van der Waals surface area contributed by atoms with E-state index in [4.69, 9.17) is 0 Å². The molecule has 0 atom stereocenters. The SMILES string of the molecule is CN(Cc1nc2ccc(F)cc2[nH]1)C(=O)c1cc(=O)[nH]c2ccccc12. The van der Waals surface area contributed by atoms with Crippen molar-refractivity contribution in [1.82, 2.24) is 19.9 Å². The summed E-state index contributed by atoms with van der Waals surface area (Å²) in [7, 11) is 1.63. The van der Waals surface area contributed by atoms with Crippen LogP contribution in [0.4, 0.5) is 4.39 Å². The number of carbonyl (C=O) groups excluding carboxylic acids is 1. The number of amides is 1. The van der Waals surface area contributed by atoms with Crippen LogP contribution in [-0.2, 0) is 6.54 Å². The van der Waals surface area contributed by atoms with Gasteiger partial charge in [0.05, 0.1) is 23.1 Å². The van der Waals surface area contributed by atoms with Crippen molar-refractivity contribution in [3.63, 3.8) is 0 Å². The monoisotopic (exact) mass is 350 g/mol. The first-order valence-corrected chi connectivity index (χ1v) is 8.03. The van der Waals surface area contributed by atoms with E-state index in [0.717, 1.165) is 0 Å². The molecule has 7 heteroatoms. The van der Waals surface area contributed by atoms with E-state index in [1.807, 2.05) is 6.07 Å². The molecule has 130 valence electrons. The Balaban J connectivity index is 1.66. The molecule has 0 saturated heterocycles. The number of rotatable bonds is 3. The molecule has 2 N–H and O–H groups in total. The Morgan fingerprint density at radius 1 is 1.12 bits per heavy atom. The number of aromatic nitrogens is 3. The molecule has 0 aliphatic heterocycles. The molecule has 4 aromatic rings. The summed E-state index contributed by atoms with van der Waals surface area (Å²) in [5.41, 5.74) is 1.80. The van der Waals surface area contributed by atoms with Crippen molar-refractivity contribution in [2.45, 2.75) is 6.54 Å². The number of H-pyrrole nitrogens is 2. The maximum absolute atomic E-state index is 13.3. The fourth-order valence-corrected chi connectivity index (χ4v) is 2.99. The number of halogens is 1. The summed E-state index contributed by atoms with van der Waals surface area (Å²) in [6.07, 6.45) is 0. The lowest BCUT2D eigenvalue weighted by Crippen LogP contribution is -2.28. The van der Waals surface area contributed by atoms with Crippen molar-refractivity contribution in [2.24, 2.45) is 0 Å². The summed E-state index contributed by atoms with van der Waals surface area (Å²) in [6, 6.07) is 12.7. The van der Waals surface area contributed by atoms with Gasteiger partial charge in [0, 0.05) is 24.0 Å². The molecule has 6 nitrogen and oxygen atoms in total. The Kier molecular flexibility index (Phi) is 3.76. The molecule has 4 rings (SSSR count). The van der Waals surface area contributed by atoms with E-state index >= 15 is 0 Å². The number of hydrogen-bond acceptors (Lipinski definition) is 3. The number of fused-ring (bicyclic) bond motifs is 2. The summed E-state index contributed by atoms with van der Waals surface area (Å²) in [4.78, 5) is 36.3. The van der Waals surface area contributed by atoms with E-state index in [9.17, 15) is 14.0 Å². The van der Waals surface area contributed by atoms with E-state index in [2.05, 4.69) is 15.0 Å². The number of nitrogens with one attached hydrogen (secondary N) is 2. The van der Waals surface area contributed by atoms with Crippen molar-refractivity contribution in [3.05, 3.63) is 76.1 Å². The number of aromatic amines is 2. The average Bonchev–Trinajstić information content (AvgIpc) is 3.01. The number of benzene rings is 2. The summed E-state index contributed by atoms with van der Waals surface area (Å²) in [6.45, 7) is 0.205. The third kappa shape index (κ3) is 2.83. The van der Waals surface area contributed by atoms with E-state index in [1.165, 1.54) is 23.1 Å². The molecular weight excluding hydrogens is 335 g/mol.